The molecule has 1 saturated heterocycles. The summed E-state index contributed by atoms with van der Waals surface area (Å²) in [7, 11) is 0. The van der Waals surface area contributed by atoms with Crippen molar-refractivity contribution in [1.29, 1.82) is 0 Å². The molecule has 2 aromatic rings. The average Bonchev–Trinajstić information content (AvgIpc) is 3.30. The van der Waals surface area contributed by atoms with Gasteiger partial charge in [0, 0.05) is 24.7 Å². The molecule has 2 aliphatic heterocycles. The van der Waals surface area contributed by atoms with Crippen LogP contribution in [0.4, 0.5) is 5.69 Å². The Labute approximate surface area is 160 Å². The van der Waals surface area contributed by atoms with Crippen molar-refractivity contribution in [1.82, 2.24) is 10.2 Å². The highest BCUT2D eigenvalue weighted by molar-refractivity contribution is 6.05. The molecule has 3 heterocycles. The number of furan rings is 1. The van der Waals surface area contributed by atoms with Crippen molar-refractivity contribution >= 4 is 29.1 Å². The predicted molar refractivity (Wildman–Crippen MR) is 100 cm³/mol. The molecule has 4 rings (SSSR count). The van der Waals surface area contributed by atoms with Crippen LogP contribution in [0.5, 0.6) is 0 Å². The summed E-state index contributed by atoms with van der Waals surface area (Å²) in [5, 5.41) is 3.63. The normalized spacial score (nSPS) is 19.6. The number of imide groups is 1. The second-order valence-corrected chi connectivity index (χ2v) is 6.71. The van der Waals surface area contributed by atoms with Gasteiger partial charge in [-0.05, 0) is 42.3 Å². The molecule has 3 amide bonds. The zero-order valence-corrected chi connectivity index (χ0v) is 14.9. The highest BCUT2D eigenvalue weighted by Crippen LogP contribution is 2.30. The van der Waals surface area contributed by atoms with E-state index in [4.69, 9.17) is 16.0 Å². The van der Waals surface area contributed by atoms with E-state index in [0.29, 0.717) is 29.1 Å². The van der Waals surface area contributed by atoms with Gasteiger partial charge < -0.3 is 15.1 Å². The van der Waals surface area contributed by atoms with E-state index in [9.17, 15) is 14.4 Å². The summed E-state index contributed by atoms with van der Waals surface area (Å²) in [5.74, 6) is 5.60. The van der Waals surface area contributed by atoms with Gasteiger partial charge in [-0.15, -0.1) is 0 Å². The topological polar surface area (TPSA) is 135 Å². The second-order valence-electron chi connectivity index (χ2n) is 6.71. The molecular weight excluding hydrogens is 362 g/mol. The number of benzene rings is 1. The Balaban J connectivity index is 1.55. The fraction of sp³-hybridized carbons (Fsp3) is 0.211. The van der Waals surface area contributed by atoms with Crippen molar-refractivity contribution in [2.75, 3.05) is 5.01 Å². The van der Waals surface area contributed by atoms with Crippen molar-refractivity contribution < 1.29 is 18.8 Å². The summed E-state index contributed by atoms with van der Waals surface area (Å²) in [6.07, 6.45) is 3.58. The van der Waals surface area contributed by atoms with Gasteiger partial charge in [0.25, 0.3) is 5.91 Å². The van der Waals surface area contributed by atoms with Crippen LogP contribution in [-0.2, 0) is 16.1 Å². The van der Waals surface area contributed by atoms with Crippen LogP contribution in [-0.4, -0.2) is 28.7 Å². The number of nitrogens with two attached hydrogens (primary N) is 2. The molecule has 144 valence electrons. The maximum Gasteiger partial charge on any atom is 0.255 e. The summed E-state index contributed by atoms with van der Waals surface area (Å²) in [4.78, 5) is 37.7. The summed E-state index contributed by atoms with van der Waals surface area (Å²) in [6.45, 7) is 0.277. The summed E-state index contributed by atoms with van der Waals surface area (Å²) in [5.41, 5.74) is 8.23. The average molecular weight is 381 g/mol. The van der Waals surface area contributed by atoms with Gasteiger partial charge in [0.05, 0.1) is 17.6 Å². The first-order valence-corrected chi connectivity index (χ1v) is 8.76. The number of amides is 3. The number of hydrogen-bond donors (Lipinski definition) is 3. The zero-order chi connectivity index (χ0) is 19.8. The number of fused-ring (bicyclic) bond motifs is 1. The minimum absolute atomic E-state index is 0.217. The first-order chi connectivity index (χ1) is 13.4. The molecule has 1 atom stereocenters. The number of anilines is 1. The quantitative estimate of drug-likeness (QED) is 0.403. The van der Waals surface area contributed by atoms with Crippen LogP contribution in [0.3, 0.4) is 0 Å². The second kappa shape index (κ2) is 6.86. The molecule has 9 nitrogen and oxygen atoms in total. The number of hydrazine groups is 1. The van der Waals surface area contributed by atoms with E-state index in [1.807, 2.05) is 0 Å². The Hall–Kier alpha value is -3.59. The molecule has 1 fully saturated rings. The van der Waals surface area contributed by atoms with Crippen LogP contribution in [0.15, 0.2) is 47.2 Å². The standard InChI is InChI=1S/C19H19N5O4/c20-14(16-2-1-7-28-16)10-24(21)12-3-4-13-11(8-12)9-23(19(13)27)15-5-6-17(25)22-18(15)26/h1-4,7-8,10,15H,5-6,9,20-21H2,(H,22,25,26)/b14-10-. The third-order valence-electron chi connectivity index (χ3n) is 4.89. The van der Waals surface area contributed by atoms with Gasteiger partial charge in [-0.2, -0.15) is 0 Å². The number of rotatable bonds is 4. The van der Waals surface area contributed by atoms with Crippen LogP contribution in [0, 0.1) is 0 Å². The minimum Gasteiger partial charge on any atom is -0.463 e. The first kappa shape index (κ1) is 17.8. The van der Waals surface area contributed by atoms with Crippen molar-refractivity contribution in [2.24, 2.45) is 11.6 Å². The SMILES string of the molecule is N/C(=C\N(N)c1ccc2c(c1)CN(C1CCC(=O)NC1=O)C2=O)c1ccco1. The molecule has 0 aliphatic carbocycles. The van der Waals surface area contributed by atoms with Crippen LogP contribution in [0.25, 0.3) is 5.70 Å². The van der Waals surface area contributed by atoms with Gasteiger partial charge in [-0.3, -0.25) is 24.7 Å². The number of piperidine rings is 1. The number of nitrogens with one attached hydrogen (secondary N) is 1. The van der Waals surface area contributed by atoms with Gasteiger partial charge in [0.2, 0.25) is 11.8 Å². The Morgan fingerprint density at radius 3 is 2.82 bits per heavy atom. The van der Waals surface area contributed by atoms with E-state index >= 15 is 0 Å². The van der Waals surface area contributed by atoms with Crippen LogP contribution in [0.1, 0.15) is 34.5 Å². The molecule has 9 heteroatoms. The Bertz CT molecular complexity index is 982. The van der Waals surface area contributed by atoms with E-state index in [2.05, 4.69) is 5.32 Å². The maximum atomic E-state index is 12.7. The zero-order valence-electron chi connectivity index (χ0n) is 14.9. The van der Waals surface area contributed by atoms with E-state index in [1.54, 1.807) is 30.3 Å². The lowest BCUT2D eigenvalue weighted by molar-refractivity contribution is -0.136. The van der Waals surface area contributed by atoms with E-state index in [0.717, 1.165) is 5.56 Å². The summed E-state index contributed by atoms with van der Waals surface area (Å²) in [6, 6.07) is 7.96. The number of hydrogen-bond acceptors (Lipinski definition) is 7. The van der Waals surface area contributed by atoms with E-state index < -0.39 is 11.9 Å². The van der Waals surface area contributed by atoms with Gasteiger partial charge in [-0.25, -0.2) is 5.84 Å². The van der Waals surface area contributed by atoms with E-state index in [-0.39, 0.29) is 24.8 Å². The number of carbonyl (C=O) groups excluding carboxylic acids is 3. The van der Waals surface area contributed by atoms with Crippen molar-refractivity contribution in [2.45, 2.75) is 25.4 Å². The lowest BCUT2D eigenvalue weighted by Gasteiger charge is -2.29. The molecular formula is C19H19N5O4. The summed E-state index contributed by atoms with van der Waals surface area (Å²) >= 11 is 0. The van der Waals surface area contributed by atoms with E-state index in [1.165, 1.54) is 22.4 Å². The predicted octanol–water partition coefficient (Wildman–Crippen LogP) is 0.678. The minimum atomic E-state index is -0.649. The lowest BCUT2D eigenvalue weighted by Crippen LogP contribution is -2.52. The largest absolute Gasteiger partial charge is 0.463 e. The van der Waals surface area contributed by atoms with Gasteiger partial charge in [0.1, 0.15) is 6.04 Å². The number of nitrogens with zero attached hydrogens (tertiary/aromatic N) is 2. The maximum absolute atomic E-state index is 12.7. The highest BCUT2D eigenvalue weighted by atomic mass is 16.3. The molecule has 28 heavy (non-hydrogen) atoms. The molecule has 0 spiro atoms. The monoisotopic (exact) mass is 381 g/mol. The highest BCUT2D eigenvalue weighted by Gasteiger charge is 2.39. The molecule has 0 bridgehead atoms. The third-order valence-corrected chi connectivity index (χ3v) is 4.89. The third kappa shape index (κ3) is 3.12. The van der Waals surface area contributed by atoms with Crippen LogP contribution in [0.2, 0.25) is 0 Å². The van der Waals surface area contributed by atoms with Crippen molar-refractivity contribution in [3.8, 4) is 0 Å². The van der Waals surface area contributed by atoms with Crippen LogP contribution < -0.4 is 21.9 Å². The van der Waals surface area contributed by atoms with Gasteiger partial charge in [-0.1, -0.05) is 0 Å². The molecule has 5 N–H and O–H groups in total. The van der Waals surface area contributed by atoms with Crippen molar-refractivity contribution in [3.63, 3.8) is 0 Å². The molecule has 1 aromatic carbocycles. The Morgan fingerprint density at radius 2 is 2.11 bits per heavy atom. The Kier molecular flexibility index (Phi) is 4.36. The summed E-state index contributed by atoms with van der Waals surface area (Å²) < 4.78 is 5.23. The molecule has 2 aliphatic rings. The van der Waals surface area contributed by atoms with Crippen molar-refractivity contribution in [3.05, 3.63) is 59.7 Å². The molecule has 1 unspecified atom stereocenters. The Morgan fingerprint density at radius 1 is 1.29 bits per heavy atom. The molecule has 0 radical (unpaired) electrons. The fourth-order valence-corrected chi connectivity index (χ4v) is 3.45. The molecule has 1 aromatic heterocycles. The fourth-order valence-electron chi connectivity index (χ4n) is 3.45. The smallest absolute Gasteiger partial charge is 0.255 e. The first-order valence-electron chi connectivity index (χ1n) is 8.76. The molecule has 0 saturated carbocycles. The lowest BCUT2D eigenvalue weighted by atomic mass is 10.0. The van der Waals surface area contributed by atoms with Gasteiger partial charge >= 0.3 is 0 Å². The number of carbonyl (C=O) groups is 3. The van der Waals surface area contributed by atoms with Crippen LogP contribution >= 0.6 is 0 Å². The van der Waals surface area contributed by atoms with Gasteiger partial charge in [0.15, 0.2) is 5.76 Å².